The van der Waals surface area contributed by atoms with E-state index in [2.05, 4.69) is 4.98 Å². The van der Waals surface area contributed by atoms with Crippen LogP contribution in [-0.4, -0.2) is 51.8 Å². The lowest BCUT2D eigenvalue weighted by Gasteiger charge is -2.26. The van der Waals surface area contributed by atoms with Crippen molar-refractivity contribution >= 4 is 23.4 Å². The number of thiophene rings is 1. The van der Waals surface area contributed by atoms with E-state index in [9.17, 15) is 14.7 Å². The van der Waals surface area contributed by atoms with Crippen molar-refractivity contribution in [2.24, 2.45) is 5.92 Å². The minimum Gasteiger partial charge on any atom is -0.493 e. The second-order valence-electron chi connectivity index (χ2n) is 7.79. The number of nitrogens with zero attached hydrogens (tertiary/aromatic N) is 2. The van der Waals surface area contributed by atoms with Crippen LogP contribution in [0.3, 0.4) is 0 Å². The molecule has 2 aromatic heterocycles. The Morgan fingerprint density at radius 1 is 1.36 bits per heavy atom. The molecule has 1 aliphatic heterocycles. The van der Waals surface area contributed by atoms with Gasteiger partial charge in [-0.3, -0.25) is 9.88 Å². The highest BCUT2D eigenvalue weighted by Crippen LogP contribution is 2.28. The maximum Gasteiger partial charge on any atom is 0.411 e. The number of pyridine rings is 1. The number of aliphatic carboxylic acids is 1. The first-order chi connectivity index (χ1) is 13.2. The summed E-state index contributed by atoms with van der Waals surface area (Å²) in [5.41, 5.74) is 1.17. The summed E-state index contributed by atoms with van der Waals surface area (Å²) < 4.78 is 11.2. The van der Waals surface area contributed by atoms with Crippen LogP contribution in [0.5, 0.6) is 5.75 Å². The molecule has 7 nitrogen and oxygen atoms in total. The molecule has 1 aliphatic rings. The average Bonchev–Trinajstić information content (AvgIpc) is 3.29. The summed E-state index contributed by atoms with van der Waals surface area (Å²) in [6.45, 7) is 5.87. The third-order valence-corrected chi connectivity index (χ3v) is 5.02. The maximum absolute atomic E-state index is 12.4. The molecule has 0 spiro atoms. The smallest absolute Gasteiger partial charge is 0.411 e. The number of carboxylic acid groups (broad SMARTS) is 1. The number of carbonyl (C=O) groups is 2. The summed E-state index contributed by atoms with van der Waals surface area (Å²) in [5.74, 6) is -0.456. The number of ether oxygens (including phenoxy) is 2. The van der Waals surface area contributed by atoms with Gasteiger partial charge in [-0.2, -0.15) is 11.3 Å². The zero-order chi connectivity index (χ0) is 20.3. The Kier molecular flexibility index (Phi) is 5.88. The van der Waals surface area contributed by atoms with Crippen molar-refractivity contribution in [1.29, 1.82) is 0 Å². The molecule has 0 unspecified atom stereocenters. The number of amides is 1. The molecule has 2 atom stereocenters. The number of hydrogen-bond acceptors (Lipinski definition) is 6. The van der Waals surface area contributed by atoms with Crippen molar-refractivity contribution in [2.75, 3.05) is 13.2 Å². The highest BCUT2D eigenvalue weighted by molar-refractivity contribution is 7.08. The standard InChI is InChI=1S/C20H24N2O5S/c1-20(2,3)27-19(25)22-10-13(8-17(22)18(23)24)11-26-15-4-6-21-16(9-15)14-5-7-28-12-14/h4-7,9,12-13,17H,8,10-11H2,1-3H3,(H,23,24)/t13-,17+/m1/s1. The van der Waals surface area contributed by atoms with Gasteiger partial charge in [0.05, 0.1) is 12.3 Å². The van der Waals surface area contributed by atoms with Crippen LogP contribution in [0.15, 0.2) is 35.2 Å². The Bertz CT molecular complexity index is 831. The van der Waals surface area contributed by atoms with E-state index in [-0.39, 0.29) is 12.5 Å². The summed E-state index contributed by atoms with van der Waals surface area (Å²) in [4.78, 5) is 29.6. The highest BCUT2D eigenvalue weighted by atomic mass is 32.1. The SMILES string of the molecule is CC(C)(C)OC(=O)N1C[C@H](COc2ccnc(-c3ccsc3)c2)C[C@H]1C(=O)O. The molecule has 1 saturated heterocycles. The van der Waals surface area contributed by atoms with Gasteiger partial charge in [-0.15, -0.1) is 0 Å². The van der Waals surface area contributed by atoms with Crippen LogP contribution in [0.4, 0.5) is 4.79 Å². The van der Waals surface area contributed by atoms with Crippen molar-refractivity contribution in [3.05, 3.63) is 35.2 Å². The first-order valence-corrected chi connectivity index (χ1v) is 10.0. The third kappa shape index (κ3) is 5.01. The Morgan fingerprint density at radius 3 is 2.79 bits per heavy atom. The van der Waals surface area contributed by atoms with E-state index in [4.69, 9.17) is 9.47 Å². The molecule has 8 heteroatoms. The van der Waals surface area contributed by atoms with Gasteiger partial charge in [0.2, 0.25) is 0 Å². The van der Waals surface area contributed by atoms with E-state index in [1.54, 1.807) is 44.4 Å². The van der Waals surface area contributed by atoms with Crippen molar-refractivity contribution < 1.29 is 24.2 Å². The van der Waals surface area contributed by atoms with Gasteiger partial charge in [0.15, 0.2) is 0 Å². The minimum atomic E-state index is -1.03. The molecule has 0 bridgehead atoms. The molecule has 1 N–H and O–H groups in total. The van der Waals surface area contributed by atoms with Gasteiger partial charge < -0.3 is 14.6 Å². The minimum absolute atomic E-state index is 0.0913. The highest BCUT2D eigenvalue weighted by Gasteiger charge is 2.41. The lowest BCUT2D eigenvalue weighted by molar-refractivity contribution is -0.142. The van der Waals surface area contributed by atoms with Gasteiger partial charge in [0.1, 0.15) is 17.4 Å². The van der Waals surface area contributed by atoms with Gasteiger partial charge in [-0.05, 0) is 44.7 Å². The first kappa shape index (κ1) is 20.1. The summed E-state index contributed by atoms with van der Waals surface area (Å²) >= 11 is 1.60. The lowest BCUT2D eigenvalue weighted by Crippen LogP contribution is -2.43. The Hall–Kier alpha value is -2.61. The van der Waals surface area contributed by atoms with Gasteiger partial charge in [-0.1, -0.05) is 0 Å². The number of rotatable bonds is 5. The Labute approximate surface area is 167 Å². The second kappa shape index (κ2) is 8.18. The molecule has 1 fully saturated rings. The molecule has 3 rings (SSSR count). The number of carbonyl (C=O) groups excluding carboxylic acids is 1. The number of carboxylic acids is 1. The average molecular weight is 404 g/mol. The molecule has 0 saturated carbocycles. The molecule has 0 aliphatic carbocycles. The van der Waals surface area contributed by atoms with E-state index >= 15 is 0 Å². The van der Waals surface area contributed by atoms with E-state index < -0.39 is 23.7 Å². The van der Waals surface area contributed by atoms with Crippen LogP contribution in [0.2, 0.25) is 0 Å². The van der Waals surface area contributed by atoms with Crippen molar-refractivity contribution in [3.63, 3.8) is 0 Å². The zero-order valence-electron chi connectivity index (χ0n) is 16.1. The van der Waals surface area contributed by atoms with E-state index in [1.807, 2.05) is 22.9 Å². The zero-order valence-corrected chi connectivity index (χ0v) is 16.9. The molecule has 0 radical (unpaired) electrons. The monoisotopic (exact) mass is 404 g/mol. The molecule has 3 heterocycles. The quantitative estimate of drug-likeness (QED) is 0.813. The van der Waals surface area contributed by atoms with E-state index in [1.165, 1.54) is 4.90 Å². The van der Waals surface area contributed by atoms with Crippen LogP contribution >= 0.6 is 11.3 Å². The van der Waals surface area contributed by atoms with E-state index in [0.29, 0.717) is 18.8 Å². The van der Waals surface area contributed by atoms with Crippen LogP contribution in [0, 0.1) is 5.92 Å². The van der Waals surface area contributed by atoms with Crippen LogP contribution < -0.4 is 4.74 Å². The summed E-state index contributed by atoms with van der Waals surface area (Å²) in [6, 6.07) is 4.72. The molecule has 1 amide bonds. The van der Waals surface area contributed by atoms with Gasteiger partial charge >= 0.3 is 12.1 Å². The van der Waals surface area contributed by atoms with Crippen LogP contribution in [-0.2, 0) is 9.53 Å². The van der Waals surface area contributed by atoms with E-state index in [0.717, 1.165) is 11.3 Å². The molecular formula is C20H24N2O5S. The first-order valence-electron chi connectivity index (χ1n) is 9.07. The van der Waals surface area contributed by atoms with Crippen molar-refractivity contribution in [2.45, 2.75) is 38.8 Å². The normalized spacial score (nSPS) is 19.5. The summed E-state index contributed by atoms with van der Waals surface area (Å²) in [7, 11) is 0. The van der Waals surface area contributed by atoms with Gasteiger partial charge in [0.25, 0.3) is 0 Å². The van der Waals surface area contributed by atoms with Crippen molar-refractivity contribution in [1.82, 2.24) is 9.88 Å². The third-order valence-electron chi connectivity index (χ3n) is 4.33. The Balaban J connectivity index is 1.63. The largest absolute Gasteiger partial charge is 0.493 e. The fourth-order valence-electron chi connectivity index (χ4n) is 3.08. The molecule has 0 aromatic carbocycles. The topological polar surface area (TPSA) is 89.0 Å². The van der Waals surface area contributed by atoms with Gasteiger partial charge in [-0.25, -0.2) is 9.59 Å². The maximum atomic E-state index is 12.4. The fourth-order valence-corrected chi connectivity index (χ4v) is 3.73. The van der Waals surface area contributed by atoms with Crippen molar-refractivity contribution in [3.8, 4) is 17.0 Å². The van der Waals surface area contributed by atoms with Gasteiger partial charge in [0, 0.05) is 35.7 Å². The predicted molar refractivity (Wildman–Crippen MR) is 106 cm³/mol. The Morgan fingerprint density at radius 2 is 2.14 bits per heavy atom. The number of likely N-dealkylation sites (tertiary alicyclic amines) is 1. The predicted octanol–water partition coefficient (Wildman–Crippen LogP) is 3.90. The molecule has 28 heavy (non-hydrogen) atoms. The lowest BCUT2D eigenvalue weighted by atomic mass is 10.1. The summed E-state index contributed by atoms with van der Waals surface area (Å²) in [5, 5.41) is 13.5. The molecule has 2 aromatic rings. The number of aromatic nitrogens is 1. The van der Waals surface area contributed by atoms with Crippen LogP contribution in [0.1, 0.15) is 27.2 Å². The summed E-state index contributed by atoms with van der Waals surface area (Å²) in [6.07, 6.45) is 1.41. The second-order valence-corrected chi connectivity index (χ2v) is 8.57. The molecular weight excluding hydrogens is 380 g/mol. The van der Waals surface area contributed by atoms with Crippen LogP contribution in [0.25, 0.3) is 11.3 Å². The fraction of sp³-hybridized carbons (Fsp3) is 0.450. The molecule has 150 valence electrons. The number of hydrogen-bond donors (Lipinski definition) is 1.